The number of hydrogen-bond donors (Lipinski definition) is 2. The second kappa shape index (κ2) is 4.90. The summed E-state index contributed by atoms with van der Waals surface area (Å²) in [6.45, 7) is 0.286. The van der Waals surface area contributed by atoms with Gasteiger partial charge in [0.05, 0.1) is 5.92 Å². The van der Waals surface area contributed by atoms with Crippen molar-refractivity contribution in [2.45, 2.75) is 18.9 Å². The third-order valence-electron chi connectivity index (χ3n) is 3.67. The van der Waals surface area contributed by atoms with E-state index in [0.717, 1.165) is 0 Å². The van der Waals surface area contributed by atoms with Gasteiger partial charge in [-0.05, 0) is 24.1 Å². The van der Waals surface area contributed by atoms with Gasteiger partial charge in [-0.25, -0.2) is 8.78 Å². The van der Waals surface area contributed by atoms with Crippen LogP contribution in [-0.2, 0) is 4.79 Å². The van der Waals surface area contributed by atoms with E-state index in [4.69, 9.17) is 14.6 Å². The van der Waals surface area contributed by atoms with E-state index in [1.807, 2.05) is 0 Å². The van der Waals surface area contributed by atoms with E-state index in [0.29, 0.717) is 17.1 Å². The predicted molar refractivity (Wildman–Crippen MR) is 64.0 cm³/mol. The molecule has 1 aromatic carbocycles. The maximum Gasteiger partial charge on any atom is 0.307 e. The highest BCUT2D eigenvalue weighted by Crippen LogP contribution is 2.42. The fourth-order valence-corrected chi connectivity index (χ4v) is 2.62. The first-order chi connectivity index (χ1) is 9.56. The first kappa shape index (κ1) is 13.1. The summed E-state index contributed by atoms with van der Waals surface area (Å²) in [6.07, 6.45) is -2.36. The first-order valence-corrected chi connectivity index (χ1v) is 6.24. The molecule has 0 saturated carbocycles. The molecule has 2 aliphatic heterocycles. The number of alkyl halides is 2. The van der Waals surface area contributed by atoms with Gasteiger partial charge in [-0.3, -0.25) is 4.79 Å². The lowest BCUT2D eigenvalue weighted by molar-refractivity contribution is -0.141. The van der Waals surface area contributed by atoms with Crippen molar-refractivity contribution in [1.82, 2.24) is 5.32 Å². The van der Waals surface area contributed by atoms with Crippen molar-refractivity contribution in [1.29, 1.82) is 0 Å². The predicted octanol–water partition coefficient (Wildman–Crippen LogP) is 2.09. The largest absolute Gasteiger partial charge is 0.481 e. The van der Waals surface area contributed by atoms with Gasteiger partial charge in [0.25, 0.3) is 6.43 Å². The van der Waals surface area contributed by atoms with Gasteiger partial charge < -0.3 is 19.9 Å². The van der Waals surface area contributed by atoms with Crippen molar-refractivity contribution >= 4 is 5.97 Å². The van der Waals surface area contributed by atoms with Crippen LogP contribution in [0.25, 0.3) is 0 Å². The summed E-state index contributed by atoms with van der Waals surface area (Å²) < 4.78 is 36.6. The van der Waals surface area contributed by atoms with Gasteiger partial charge in [0.15, 0.2) is 11.5 Å². The SMILES string of the molecule is O=C(O)C1CNC(c2cc3c(cc2C(F)F)OCO3)C1. The number of ether oxygens (including phenoxy) is 2. The Kier molecular flexibility index (Phi) is 3.21. The van der Waals surface area contributed by atoms with E-state index >= 15 is 0 Å². The molecule has 7 heteroatoms. The minimum Gasteiger partial charge on any atom is -0.481 e. The Morgan fingerprint density at radius 2 is 2.05 bits per heavy atom. The standard InChI is InChI=1S/C13H13F2NO4/c14-12(15)8-3-11-10(19-5-20-11)2-7(8)9-1-6(4-16-9)13(17)18/h2-3,6,9,12,16H,1,4-5H2,(H,17,18). The molecule has 0 aromatic heterocycles. The van der Waals surface area contributed by atoms with E-state index in [1.54, 1.807) is 0 Å². The molecule has 0 bridgehead atoms. The van der Waals surface area contributed by atoms with Crippen LogP contribution in [0.1, 0.15) is 30.0 Å². The van der Waals surface area contributed by atoms with Crippen LogP contribution in [0.5, 0.6) is 11.5 Å². The topological polar surface area (TPSA) is 67.8 Å². The maximum atomic E-state index is 13.2. The number of benzene rings is 1. The zero-order valence-electron chi connectivity index (χ0n) is 10.4. The van der Waals surface area contributed by atoms with Crippen LogP contribution in [0.2, 0.25) is 0 Å². The van der Waals surface area contributed by atoms with Crippen molar-refractivity contribution in [2.24, 2.45) is 5.92 Å². The summed E-state index contributed by atoms with van der Waals surface area (Å²) in [5.74, 6) is -0.753. The number of carbonyl (C=O) groups is 1. The van der Waals surface area contributed by atoms with Crippen molar-refractivity contribution in [3.63, 3.8) is 0 Å². The van der Waals surface area contributed by atoms with Crippen LogP contribution in [-0.4, -0.2) is 24.4 Å². The third-order valence-corrected chi connectivity index (χ3v) is 3.67. The van der Waals surface area contributed by atoms with Crippen LogP contribution in [0.4, 0.5) is 8.78 Å². The fraction of sp³-hybridized carbons (Fsp3) is 0.462. The quantitative estimate of drug-likeness (QED) is 0.890. The van der Waals surface area contributed by atoms with Crippen LogP contribution >= 0.6 is 0 Å². The normalized spacial score (nSPS) is 24.4. The molecule has 0 amide bonds. The summed E-state index contributed by atoms with van der Waals surface area (Å²) in [7, 11) is 0. The molecule has 0 radical (unpaired) electrons. The highest BCUT2D eigenvalue weighted by molar-refractivity contribution is 5.71. The Morgan fingerprint density at radius 3 is 2.65 bits per heavy atom. The van der Waals surface area contributed by atoms with Gasteiger partial charge in [0.1, 0.15) is 0 Å². The third kappa shape index (κ3) is 2.18. The van der Waals surface area contributed by atoms with Gasteiger partial charge in [0.2, 0.25) is 6.79 Å². The number of rotatable bonds is 3. The highest BCUT2D eigenvalue weighted by Gasteiger charge is 2.34. The molecule has 1 saturated heterocycles. The zero-order chi connectivity index (χ0) is 14.3. The molecule has 2 unspecified atom stereocenters. The molecular weight excluding hydrogens is 272 g/mol. The van der Waals surface area contributed by atoms with Gasteiger partial charge in [-0.1, -0.05) is 0 Å². The van der Waals surface area contributed by atoms with Crippen molar-refractivity contribution in [3.05, 3.63) is 23.3 Å². The number of halogens is 2. The second-order valence-electron chi connectivity index (χ2n) is 4.87. The summed E-state index contributed by atoms with van der Waals surface area (Å²) >= 11 is 0. The number of carboxylic acids is 1. The number of fused-ring (bicyclic) bond motifs is 1. The molecule has 2 atom stereocenters. The Bertz CT molecular complexity index is 549. The van der Waals surface area contributed by atoms with E-state index in [9.17, 15) is 13.6 Å². The number of hydrogen-bond acceptors (Lipinski definition) is 4. The highest BCUT2D eigenvalue weighted by atomic mass is 19.3. The summed E-state index contributed by atoms with van der Waals surface area (Å²) in [5, 5.41) is 12.0. The average Bonchev–Trinajstić information content (AvgIpc) is 3.05. The Labute approximate surface area is 113 Å². The van der Waals surface area contributed by atoms with Crippen LogP contribution < -0.4 is 14.8 Å². The first-order valence-electron chi connectivity index (χ1n) is 6.24. The van der Waals surface area contributed by atoms with E-state index in [2.05, 4.69) is 5.32 Å². The summed E-state index contributed by atoms with van der Waals surface area (Å²) in [5.41, 5.74) is 0.241. The lowest BCUT2D eigenvalue weighted by Gasteiger charge is -2.16. The minimum absolute atomic E-state index is 0.0112. The number of carboxylic acid groups (broad SMARTS) is 1. The molecule has 2 aliphatic rings. The van der Waals surface area contributed by atoms with Crippen molar-refractivity contribution < 1.29 is 28.2 Å². The molecule has 20 heavy (non-hydrogen) atoms. The monoisotopic (exact) mass is 285 g/mol. The molecule has 1 aromatic rings. The lowest BCUT2D eigenvalue weighted by atomic mass is 9.95. The van der Waals surface area contributed by atoms with Gasteiger partial charge in [-0.2, -0.15) is 0 Å². The number of nitrogens with one attached hydrogen (secondary N) is 1. The Balaban J connectivity index is 1.94. The molecule has 2 N–H and O–H groups in total. The molecule has 5 nitrogen and oxygen atoms in total. The second-order valence-corrected chi connectivity index (χ2v) is 4.87. The van der Waals surface area contributed by atoms with Gasteiger partial charge in [0, 0.05) is 18.2 Å². The molecular formula is C13H13F2NO4. The van der Waals surface area contributed by atoms with Gasteiger partial charge in [-0.15, -0.1) is 0 Å². The number of aliphatic carboxylic acids is 1. The average molecular weight is 285 g/mol. The molecule has 3 rings (SSSR count). The summed E-state index contributed by atoms with van der Waals surface area (Å²) in [6, 6.07) is 2.39. The fourth-order valence-electron chi connectivity index (χ4n) is 2.62. The van der Waals surface area contributed by atoms with Crippen LogP contribution in [0, 0.1) is 5.92 Å². The van der Waals surface area contributed by atoms with Gasteiger partial charge >= 0.3 is 5.97 Å². The Hall–Kier alpha value is -1.89. The smallest absolute Gasteiger partial charge is 0.307 e. The van der Waals surface area contributed by atoms with E-state index < -0.39 is 24.4 Å². The van der Waals surface area contributed by atoms with Crippen LogP contribution in [0.3, 0.4) is 0 Å². The lowest BCUT2D eigenvalue weighted by Crippen LogP contribution is -2.17. The molecule has 108 valence electrons. The van der Waals surface area contributed by atoms with E-state index in [-0.39, 0.29) is 25.3 Å². The van der Waals surface area contributed by atoms with Crippen molar-refractivity contribution in [2.75, 3.05) is 13.3 Å². The minimum atomic E-state index is -2.65. The van der Waals surface area contributed by atoms with Crippen molar-refractivity contribution in [3.8, 4) is 11.5 Å². The molecule has 2 heterocycles. The Morgan fingerprint density at radius 1 is 1.35 bits per heavy atom. The maximum absolute atomic E-state index is 13.2. The molecule has 1 fully saturated rings. The summed E-state index contributed by atoms with van der Waals surface area (Å²) in [4.78, 5) is 11.0. The zero-order valence-corrected chi connectivity index (χ0v) is 10.4. The van der Waals surface area contributed by atoms with E-state index in [1.165, 1.54) is 12.1 Å². The molecule has 0 aliphatic carbocycles. The molecule has 0 spiro atoms. The van der Waals surface area contributed by atoms with Crippen LogP contribution in [0.15, 0.2) is 12.1 Å².